The fraction of sp³-hybridized carbons (Fsp3) is 0.652. The molecule has 0 aromatic carbocycles. The van der Waals surface area contributed by atoms with Gasteiger partial charge in [0.2, 0.25) is 0 Å². The minimum atomic E-state index is -3.07. The van der Waals surface area contributed by atoms with E-state index in [1.807, 2.05) is 31.4 Å². The third-order valence-corrected chi connectivity index (χ3v) is 7.49. The van der Waals surface area contributed by atoms with Crippen molar-refractivity contribution in [2.24, 2.45) is 9.98 Å². The van der Waals surface area contributed by atoms with Crippen LogP contribution >= 0.6 is 0 Å². The predicted octanol–water partition coefficient (Wildman–Crippen LogP) is 2.70. The summed E-state index contributed by atoms with van der Waals surface area (Å²) < 4.78 is 35.6. The lowest BCUT2D eigenvalue weighted by atomic mass is 9.79. The van der Waals surface area contributed by atoms with Crippen molar-refractivity contribution in [1.29, 1.82) is 0 Å². The molecule has 0 aromatic heterocycles. The second-order valence-corrected chi connectivity index (χ2v) is 11.1. The van der Waals surface area contributed by atoms with Gasteiger partial charge in [-0.3, -0.25) is 14.9 Å². The van der Waals surface area contributed by atoms with Crippen LogP contribution in [0.3, 0.4) is 0 Å². The topological polar surface area (TPSA) is 80.6 Å². The summed E-state index contributed by atoms with van der Waals surface area (Å²) in [7, 11) is -3.07. The Morgan fingerprint density at radius 1 is 1.23 bits per heavy atom. The molecule has 2 heterocycles. The fourth-order valence-electron chi connectivity index (χ4n) is 5.08. The van der Waals surface area contributed by atoms with Gasteiger partial charge in [0.05, 0.1) is 36.0 Å². The molecule has 7 nitrogen and oxygen atoms in total. The standard InChI is InChI=1S/C23H33N3O4S/c1-3-29-17-21-25-20-10-7-9-19-23(20,13-8-14-24-19)26(21)18-22(11-5-4-6-12-22)30-15-16-31(2,27)28/h7-10,13-14,21H,3-6,11-12,15-18H2,1-2H3. The minimum Gasteiger partial charge on any atom is -0.378 e. The summed E-state index contributed by atoms with van der Waals surface area (Å²) in [5.41, 5.74) is 1.02. The van der Waals surface area contributed by atoms with E-state index in [-0.39, 0.29) is 18.5 Å². The zero-order valence-electron chi connectivity index (χ0n) is 18.5. The molecular weight excluding hydrogens is 414 g/mol. The van der Waals surface area contributed by atoms with E-state index in [4.69, 9.17) is 14.5 Å². The Bertz CT molecular complexity index is 928. The van der Waals surface area contributed by atoms with Crippen molar-refractivity contribution in [1.82, 2.24) is 4.90 Å². The summed E-state index contributed by atoms with van der Waals surface area (Å²) in [6.45, 7) is 4.00. The van der Waals surface area contributed by atoms with Crippen molar-refractivity contribution in [3.8, 4) is 0 Å². The van der Waals surface area contributed by atoms with Crippen LogP contribution < -0.4 is 0 Å². The summed E-state index contributed by atoms with van der Waals surface area (Å²) in [6.07, 6.45) is 18.4. The molecule has 2 unspecified atom stereocenters. The van der Waals surface area contributed by atoms with Gasteiger partial charge in [0.15, 0.2) is 0 Å². The van der Waals surface area contributed by atoms with E-state index in [1.54, 1.807) is 0 Å². The van der Waals surface area contributed by atoms with Gasteiger partial charge in [0, 0.05) is 25.6 Å². The summed E-state index contributed by atoms with van der Waals surface area (Å²) in [5.74, 6) is 0.0438. The molecule has 170 valence electrons. The van der Waals surface area contributed by atoms with Crippen molar-refractivity contribution in [2.75, 3.05) is 38.4 Å². The molecule has 0 bridgehead atoms. The molecule has 2 atom stereocenters. The quantitative estimate of drug-likeness (QED) is 0.543. The lowest BCUT2D eigenvalue weighted by Crippen LogP contribution is -2.60. The molecule has 2 aliphatic heterocycles. The van der Waals surface area contributed by atoms with Crippen molar-refractivity contribution in [3.63, 3.8) is 0 Å². The molecule has 0 amide bonds. The highest BCUT2D eigenvalue weighted by Gasteiger charge is 2.54. The Morgan fingerprint density at radius 2 is 2.03 bits per heavy atom. The van der Waals surface area contributed by atoms with Gasteiger partial charge in [0.1, 0.15) is 21.5 Å². The van der Waals surface area contributed by atoms with E-state index in [9.17, 15) is 8.42 Å². The number of sulfone groups is 1. The molecule has 0 radical (unpaired) electrons. The van der Waals surface area contributed by atoms with Crippen LogP contribution in [0, 0.1) is 0 Å². The van der Waals surface area contributed by atoms with E-state index in [0.717, 1.165) is 37.1 Å². The van der Waals surface area contributed by atoms with Gasteiger partial charge < -0.3 is 9.47 Å². The molecule has 31 heavy (non-hydrogen) atoms. The Labute approximate surface area is 185 Å². The Balaban J connectivity index is 1.65. The summed E-state index contributed by atoms with van der Waals surface area (Å²) in [4.78, 5) is 12.1. The molecule has 4 rings (SSSR count). The molecule has 8 heteroatoms. The van der Waals surface area contributed by atoms with Gasteiger partial charge in [-0.15, -0.1) is 0 Å². The molecule has 0 aromatic rings. The van der Waals surface area contributed by atoms with Crippen LogP contribution in [0.5, 0.6) is 0 Å². The average Bonchev–Trinajstić information content (AvgIpc) is 3.03. The highest BCUT2D eigenvalue weighted by Crippen LogP contribution is 2.43. The monoisotopic (exact) mass is 447 g/mol. The lowest BCUT2D eigenvalue weighted by molar-refractivity contribution is -0.0966. The smallest absolute Gasteiger partial charge is 0.149 e. The summed E-state index contributed by atoms with van der Waals surface area (Å²) >= 11 is 0. The van der Waals surface area contributed by atoms with Crippen LogP contribution in [0.1, 0.15) is 39.0 Å². The maximum atomic E-state index is 11.7. The summed E-state index contributed by atoms with van der Waals surface area (Å²) in [6, 6.07) is 0. The first-order valence-electron chi connectivity index (χ1n) is 11.2. The molecule has 0 N–H and O–H groups in total. The lowest BCUT2D eigenvalue weighted by Gasteiger charge is -2.47. The number of ether oxygens (including phenoxy) is 2. The van der Waals surface area contributed by atoms with Crippen LogP contribution in [-0.2, 0) is 19.3 Å². The van der Waals surface area contributed by atoms with Gasteiger partial charge >= 0.3 is 0 Å². The maximum absolute atomic E-state index is 11.7. The Kier molecular flexibility index (Phi) is 6.62. The van der Waals surface area contributed by atoms with Crippen molar-refractivity contribution >= 4 is 21.8 Å². The average molecular weight is 448 g/mol. The van der Waals surface area contributed by atoms with Gasteiger partial charge in [-0.05, 0) is 38.0 Å². The molecule has 1 fully saturated rings. The van der Waals surface area contributed by atoms with Crippen molar-refractivity contribution in [3.05, 3.63) is 36.1 Å². The number of hydrogen-bond acceptors (Lipinski definition) is 7. The highest BCUT2D eigenvalue weighted by atomic mass is 32.2. The number of hydrogen-bond donors (Lipinski definition) is 0. The van der Waals surface area contributed by atoms with Gasteiger partial charge in [0.25, 0.3) is 0 Å². The van der Waals surface area contributed by atoms with Crippen molar-refractivity contribution in [2.45, 2.75) is 56.3 Å². The SMILES string of the molecule is CCOCC1N=C2C=CC=C3N=CC=CC32N1CC1(OCCS(C)(=O)=O)CCCCC1. The van der Waals surface area contributed by atoms with E-state index >= 15 is 0 Å². The second kappa shape index (κ2) is 9.10. The van der Waals surface area contributed by atoms with Gasteiger partial charge in [-0.25, -0.2) is 8.42 Å². The third-order valence-electron chi connectivity index (χ3n) is 6.58. The zero-order valence-corrected chi connectivity index (χ0v) is 19.3. The minimum absolute atomic E-state index is 0.0438. The third kappa shape index (κ3) is 4.62. The van der Waals surface area contributed by atoms with E-state index < -0.39 is 21.0 Å². The maximum Gasteiger partial charge on any atom is 0.149 e. The molecule has 4 aliphatic rings. The Morgan fingerprint density at radius 3 is 2.77 bits per heavy atom. The first kappa shape index (κ1) is 22.6. The number of nitrogens with zero attached hydrogens (tertiary/aromatic N) is 3. The molecule has 1 spiro atoms. The van der Waals surface area contributed by atoms with Gasteiger partial charge in [-0.1, -0.05) is 31.4 Å². The highest BCUT2D eigenvalue weighted by molar-refractivity contribution is 7.90. The molecule has 2 aliphatic carbocycles. The fourth-order valence-corrected chi connectivity index (χ4v) is 5.46. The first-order chi connectivity index (χ1) is 14.9. The van der Waals surface area contributed by atoms with Crippen LogP contribution in [0.2, 0.25) is 0 Å². The number of rotatable bonds is 9. The largest absolute Gasteiger partial charge is 0.378 e. The Hall–Kier alpha value is -1.61. The zero-order chi connectivity index (χ0) is 22.0. The van der Waals surface area contributed by atoms with E-state index in [2.05, 4.69) is 22.0 Å². The molecular formula is C23H33N3O4S. The van der Waals surface area contributed by atoms with Crippen LogP contribution in [0.4, 0.5) is 0 Å². The second-order valence-electron chi connectivity index (χ2n) is 8.82. The van der Waals surface area contributed by atoms with Crippen LogP contribution in [-0.4, -0.2) is 80.9 Å². The van der Waals surface area contributed by atoms with Gasteiger partial charge in [-0.2, -0.15) is 0 Å². The van der Waals surface area contributed by atoms with Crippen LogP contribution in [0.15, 0.2) is 46.1 Å². The normalized spacial score (nSPS) is 29.4. The number of aliphatic imine (C=N–C) groups is 2. The molecule has 0 saturated heterocycles. The van der Waals surface area contributed by atoms with Crippen LogP contribution in [0.25, 0.3) is 0 Å². The summed E-state index contributed by atoms with van der Waals surface area (Å²) in [5, 5.41) is 0. The number of allylic oxidation sites excluding steroid dienone is 3. The predicted molar refractivity (Wildman–Crippen MR) is 123 cm³/mol. The van der Waals surface area contributed by atoms with Crippen molar-refractivity contribution < 1.29 is 17.9 Å². The van der Waals surface area contributed by atoms with E-state index in [0.29, 0.717) is 19.8 Å². The first-order valence-corrected chi connectivity index (χ1v) is 13.3. The number of dihydropyridines is 1. The van der Waals surface area contributed by atoms with E-state index in [1.165, 1.54) is 12.7 Å². The molecule has 1 saturated carbocycles.